The van der Waals surface area contributed by atoms with Gasteiger partial charge in [0.1, 0.15) is 6.54 Å². The van der Waals surface area contributed by atoms with E-state index in [1.54, 1.807) is 0 Å². The minimum absolute atomic E-state index is 0.119. The van der Waals surface area contributed by atoms with Crippen molar-refractivity contribution in [3.8, 4) is 0 Å². The fourth-order valence-electron chi connectivity index (χ4n) is 3.47. The molecule has 5 nitrogen and oxygen atoms in total. The van der Waals surface area contributed by atoms with Gasteiger partial charge in [-0.2, -0.15) is 0 Å². The van der Waals surface area contributed by atoms with Gasteiger partial charge in [0, 0.05) is 37.1 Å². The number of likely N-dealkylation sites (tertiary alicyclic amines) is 1. The summed E-state index contributed by atoms with van der Waals surface area (Å²) in [6.45, 7) is 1.71. The van der Waals surface area contributed by atoms with Gasteiger partial charge < -0.3 is 14.8 Å². The summed E-state index contributed by atoms with van der Waals surface area (Å²) in [5.41, 5.74) is 1.08. The van der Waals surface area contributed by atoms with Gasteiger partial charge >= 0.3 is 0 Å². The third-order valence-electron chi connectivity index (χ3n) is 4.57. The maximum Gasteiger partial charge on any atom is 0.242 e. The molecule has 2 aromatic rings. The molecule has 1 aromatic carbocycles. The fourth-order valence-corrected chi connectivity index (χ4v) is 3.47. The predicted molar refractivity (Wildman–Crippen MR) is 78.6 cm³/mol. The average Bonchev–Trinajstić information content (AvgIpc) is 3.12. The molecule has 4 rings (SSSR count). The Labute approximate surface area is 122 Å². The van der Waals surface area contributed by atoms with Crippen LogP contribution in [0.4, 0.5) is 0 Å². The molecule has 2 aliphatic rings. The number of amides is 2. The minimum atomic E-state index is 0.119. The van der Waals surface area contributed by atoms with Crippen LogP contribution in [0.2, 0.25) is 0 Å². The van der Waals surface area contributed by atoms with Crippen LogP contribution in [0.15, 0.2) is 36.5 Å². The average molecular weight is 283 g/mol. The van der Waals surface area contributed by atoms with Crippen LogP contribution in [0.25, 0.3) is 10.9 Å². The summed E-state index contributed by atoms with van der Waals surface area (Å²) in [7, 11) is 0. The van der Waals surface area contributed by atoms with Crippen molar-refractivity contribution in [3.63, 3.8) is 0 Å². The predicted octanol–water partition coefficient (Wildman–Crippen LogP) is 0.988. The van der Waals surface area contributed by atoms with Crippen LogP contribution in [-0.2, 0) is 16.1 Å². The topological polar surface area (TPSA) is 54.3 Å². The number of nitrogens with zero attached hydrogens (tertiary/aromatic N) is 2. The number of nitrogens with one attached hydrogen (secondary N) is 1. The lowest BCUT2D eigenvalue weighted by Gasteiger charge is -2.18. The molecule has 0 saturated carbocycles. The summed E-state index contributed by atoms with van der Waals surface area (Å²) in [5, 5.41) is 4.10. The third-order valence-corrected chi connectivity index (χ3v) is 4.57. The molecule has 0 aliphatic carbocycles. The zero-order valence-electron chi connectivity index (χ0n) is 11.7. The third kappa shape index (κ3) is 2.09. The van der Waals surface area contributed by atoms with Gasteiger partial charge in [-0.05, 0) is 17.5 Å². The van der Waals surface area contributed by atoms with Gasteiger partial charge in [0.2, 0.25) is 11.8 Å². The second-order valence-corrected chi connectivity index (χ2v) is 5.94. The van der Waals surface area contributed by atoms with E-state index in [1.165, 1.54) is 0 Å². The Hall–Kier alpha value is -2.30. The first-order valence-corrected chi connectivity index (χ1v) is 7.32. The summed E-state index contributed by atoms with van der Waals surface area (Å²) in [5.74, 6) is 0.538. The number of hydrogen-bond donors (Lipinski definition) is 1. The van der Waals surface area contributed by atoms with Crippen molar-refractivity contribution in [2.24, 2.45) is 5.92 Å². The molecule has 2 atom stereocenters. The maximum atomic E-state index is 12.5. The molecular formula is C16H17N3O2. The number of para-hydroxylation sites is 1. The lowest BCUT2D eigenvalue weighted by atomic mass is 10.1. The standard InChI is InChI=1S/C16H17N3O2/c20-15-7-12-8-19(9-13(12)17-15)16(21)10-18-6-5-11-3-1-2-4-14(11)18/h1-6,12-13H,7-10H2,(H,17,20)/t12-,13+/m0/s1. The fraction of sp³-hybridized carbons (Fsp3) is 0.375. The number of fused-ring (bicyclic) bond motifs is 2. The van der Waals surface area contributed by atoms with E-state index in [1.807, 2.05) is 46.0 Å². The van der Waals surface area contributed by atoms with Crippen LogP contribution in [0.1, 0.15) is 6.42 Å². The molecule has 0 bridgehead atoms. The van der Waals surface area contributed by atoms with Crippen molar-refractivity contribution in [1.82, 2.24) is 14.8 Å². The first kappa shape index (κ1) is 12.4. The van der Waals surface area contributed by atoms with Gasteiger partial charge in [0.05, 0.1) is 6.04 Å². The maximum absolute atomic E-state index is 12.5. The summed E-state index contributed by atoms with van der Waals surface area (Å²) >= 11 is 0. The van der Waals surface area contributed by atoms with Gasteiger partial charge in [-0.1, -0.05) is 18.2 Å². The van der Waals surface area contributed by atoms with E-state index in [9.17, 15) is 9.59 Å². The molecule has 21 heavy (non-hydrogen) atoms. The Balaban J connectivity index is 1.48. The number of aromatic nitrogens is 1. The zero-order valence-corrected chi connectivity index (χ0v) is 11.7. The number of hydrogen-bond acceptors (Lipinski definition) is 2. The number of carbonyl (C=O) groups excluding carboxylic acids is 2. The largest absolute Gasteiger partial charge is 0.351 e. The monoisotopic (exact) mass is 283 g/mol. The van der Waals surface area contributed by atoms with Crippen LogP contribution in [0, 0.1) is 5.92 Å². The van der Waals surface area contributed by atoms with Crippen LogP contribution in [-0.4, -0.2) is 40.4 Å². The van der Waals surface area contributed by atoms with Gasteiger partial charge in [0.15, 0.2) is 0 Å². The highest BCUT2D eigenvalue weighted by Crippen LogP contribution is 2.25. The number of carbonyl (C=O) groups is 2. The molecule has 2 aliphatic heterocycles. The molecule has 3 heterocycles. The highest BCUT2D eigenvalue weighted by atomic mass is 16.2. The molecule has 108 valence electrons. The van der Waals surface area contributed by atoms with E-state index in [-0.39, 0.29) is 17.9 Å². The van der Waals surface area contributed by atoms with E-state index in [0.717, 1.165) is 10.9 Å². The first-order valence-electron chi connectivity index (χ1n) is 7.32. The van der Waals surface area contributed by atoms with E-state index in [2.05, 4.69) is 5.32 Å². The van der Waals surface area contributed by atoms with Gasteiger partial charge in [0.25, 0.3) is 0 Å². The van der Waals surface area contributed by atoms with Gasteiger partial charge in [-0.25, -0.2) is 0 Å². The van der Waals surface area contributed by atoms with Gasteiger partial charge in [-0.15, -0.1) is 0 Å². The summed E-state index contributed by atoms with van der Waals surface area (Å²) < 4.78 is 1.99. The molecule has 1 aromatic heterocycles. The smallest absolute Gasteiger partial charge is 0.242 e. The van der Waals surface area contributed by atoms with Crippen molar-refractivity contribution in [3.05, 3.63) is 36.5 Å². The van der Waals surface area contributed by atoms with Crippen LogP contribution in [0.5, 0.6) is 0 Å². The van der Waals surface area contributed by atoms with Crippen LogP contribution in [0.3, 0.4) is 0 Å². The minimum Gasteiger partial charge on any atom is -0.351 e. The van der Waals surface area contributed by atoms with Crippen molar-refractivity contribution in [2.45, 2.75) is 19.0 Å². The summed E-state index contributed by atoms with van der Waals surface area (Å²) in [4.78, 5) is 25.7. The molecule has 2 amide bonds. The molecule has 0 unspecified atom stereocenters. The van der Waals surface area contributed by atoms with E-state index in [4.69, 9.17) is 0 Å². The van der Waals surface area contributed by atoms with Crippen molar-refractivity contribution >= 4 is 22.7 Å². The SMILES string of the molecule is O=C1C[C@H]2CN(C(=O)Cn3ccc4ccccc43)C[C@H]2N1. The Morgan fingerprint density at radius 2 is 2.10 bits per heavy atom. The Bertz CT molecular complexity index is 705. The Morgan fingerprint density at radius 3 is 2.95 bits per heavy atom. The van der Waals surface area contributed by atoms with E-state index >= 15 is 0 Å². The normalized spacial score (nSPS) is 24.4. The molecule has 0 spiro atoms. The summed E-state index contributed by atoms with van der Waals surface area (Å²) in [6.07, 6.45) is 2.52. The van der Waals surface area contributed by atoms with Crippen molar-refractivity contribution in [2.75, 3.05) is 13.1 Å². The molecule has 2 fully saturated rings. The highest BCUT2D eigenvalue weighted by Gasteiger charge is 2.41. The second kappa shape index (κ2) is 4.62. The van der Waals surface area contributed by atoms with Crippen LogP contribution >= 0.6 is 0 Å². The summed E-state index contributed by atoms with van der Waals surface area (Å²) in [6, 6.07) is 10.2. The van der Waals surface area contributed by atoms with E-state index in [0.29, 0.717) is 32.0 Å². The quantitative estimate of drug-likeness (QED) is 0.893. The Kier molecular flexibility index (Phi) is 2.74. The number of benzene rings is 1. The molecule has 5 heteroatoms. The van der Waals surface area contributed by atoms with Gasteiger partial charge in [-0.3, -0.25) is 9.59 Å². The first-order chi connectivity index (χ1) is 10.2. The van der Waals surface area contributed by atoms with Crippen molar-refractivity contribution in [1.29, 1.82) is 0 Å². The molecule has 2 saturated heterocycles. The second-order valence-electron chi connectivity index (χ2n) is 5.94. The lowest BCUT2D eigenvalue weighted by molar-refractivity contribution is -0.131. The highest BCUT2D eigenvalue weighted by molar-refractivity contribution is 5.84. The molecule has 0 radical (unpaired) electrons. The number of rotatable bonds is 2. The lowest BCUT2D eigenvalue weighted by Crippen LogP contribution is -2.37. The molecule has 1 N–H and O–H groups in total. The Morgan fingerprint density at radius 1 is 1.24 bits per heavy atom. The zero-order chi connectivity index (χ0) is 14.4. The van der Waals surface area contributed by atoms with Crippen molar-refractivity contribution < 1.29 is 9.59 Å². The molecular weight excluding hydrogens is 266 g/mol. The van der Waals surface area contributed by atoms with Crippen LogP contribution < -0.4 is 5.32 Å². The van der Waals surface area contributed by atoms with E-state index < -0.39 is 0 Å².